The maximum absolute atomic E-state index is 13.0. The third-order valence-corrected chi connectivity index (χ3v) is 5.33. The molecule has 1 aromatic carbocycles. The Labute approximate surface area is 147 Å². The van der Waals surface area contributed by atoms with E-state index in [-0.39, 0.29) is 5.91 Å². The maximum Gasteiger partial charge on any atom is 0.256 e. The predicted octanol–water partition coefficient (Wildman–Crippen LogP) is 3.22. The number of halogens is 1. The van der Waals surface area contributed by atoms with Crippen LogP contribution in [0.3, 0.4) is 0 Å². The van der Waals surface area contributed by atoms with Gasteiger partial charge in [0.15, 0.2) is 0 Å². The molecule has 5 heteroatoms. The van der Waals surface area contributed by atoms with E-state index in [9.17, 15) is 4.79 Å². The number of hydrogen-bond acceptors (Lipinski definition) is 3. The highest BCUT2D eigenvalue weighted by Gasteiger charge is 2.26. The molecule has 2 fully saturated rings. The Morgan fingerprint density at radius 2 is 1.78 bits per heavy atom. The molecule has 0 saturated carbocycles. The molecule has 0 aliphatic carbocycles. The number of piperazine rings is 1. The fourth-order valence-electron chi connectivity index (χ4n) is 3.57. The van der Waals surface area contributed by atoms with Crippen molar-refractivity contribution in [2.24, 2.45) is 0 Å². The van der Waals surface area contributed by atoms with Crippen LogP contribution in [0, 0.1) is 0 Å². The zero-order valence-electron chi connectivity index (χ0n) is 13.9. The summed E-state index contributed by atoms with van der Waals surface area (Å²) in [6, 6.07) is 6.07. The first kappa shape index (κ1) is 16.8. The molecule has 3 rings (SSSR count). The topological polar surface area (TPSA) is 26.8 Å². The molecule has 0 bridgehead atoms. The van der Waals surface area contributed by atoms with Gasteiger partial charge in [0, 0.05) is 43.7 Å². The summed E-state index contributed by atoms with van der Waals surface area (Å²) < 4.78 is 1.05. The largest absolute Gasteiger partial charge is 0.371 e. The van der Waals surface area contributed by atoms with Crippen molar-refractivity contribution in [3.05, 3.63) is 28.2 Å². The molecular weight excluding hydrogens is 354 g/mol. The molecule has 2 heterocycles. The van der Waals surface area contributed by atoms with Crippen LogP contribution in [0.15, 0.2) is 22.7 Å². The van der Waals surface area contributed by atoms with E-state index in [1.165, 1.54) is 19.3 Å². The summed E-state index contributed by atoms with van der Waals surface area (Å²) in [5.41, 5.74) is 1.96. The fraction of sp³-hybridized carbons (Fsp3) is 0.611. The monoisotopic (exact) mass is 379 g/mol. The summed E-state index contributed by atoms with van der Waals surface area (Å²) in [6.45, 7) is 9.13. The van der Waals surface area contributed by atoms with E-state index >= 15 is 0 Å². The Kier molecular flexibility index (Phi) is 5.59. The maximum atomic E-state index is 13.0. The van der Waals surface area contributed by atoms with E-state index in [1.54, 1.807) is 0 Å². The highest BCUT2D eigenvalue weighted by Crippen LogP contribution is 2.29. The van der Waals surface area contributed by atoms with E-state index < -0.39 is 0 Å². The van der Waals surface area contributed by atoms with Crippen LogP contribution in [0.2, 0.25) is 0 Å². The van der Waals surface area contributed by atoms with Crippen LogP contribution in [0.25, 0.3) is 0 Å². The standard InChI is InChI=1S/C18H26BrN3O/c1-2-7-20-10-12-22(13-11-20)18(23)16-6-5-15(19)14-17(16)21-8-3-4-9-21/h5-6,14H,2-4,7-13H2,1H3. The summed E-state index contributed by atoms with van der Waals surface area (Å²) in [5.74, 6) is 0.190. The number of anilines is 1. The molecule has 2 saturated heterocycles. The van der Waals surface area contributed by atoms with Crippen molar-refractivity contribution in [1.29, 1.82) is 0 Å². The minimum absolute atomic E-state index is 0.190. The van der Waals surface area contributed by atoms with Gasteiger partial charge in [-0.25, -0.2) is 0 Å². The highest BCUT2D eigenvalue weighted by molar-refractivity contribution is 9.10. The molecule has 1 amide bonds. The van der Waals surface area contributed by atoms with Crippen LogP contribution < -0.4 is 4.90 Å². The fourth-order valence-corrected chi connectivity index (χ4v) is 3.92. The summed E-state index contributed by atoms with van der Waals surface area (Å²) >= 11 is 3.56. The van der Waals surface area contributed by atoms with E-state index in [2.05, 4.69) is 38.7 Å². The van der Waals surface area contributed by atoms with Crippen LogP contribution in [0.4, 0.5) is 5.69 Å². The number of amides is 1. The number of benzene rings is 1. The average molecular weight is 380 g/mol. The third-order valence-electron chi connectivity index (χ3n) is 4.84. The lowest BCUT2D eigenvalue weighted by Crippen LogP contribution is -2.49. The summed E-state index contributed by atoms with van der Waals surface area (Å²) in [5, 5.41) is 0. The van der Waals surface area contributed by atoms with Crippen molar-refractivity contribution < 1.29 is 4.79 Å². The second-order valence-electron chi connectivity index (χ2n) is 6.49. The molecule has 0 N–H and O–H groups in total. The van der Waals surface area contributed by atoms with E-state index in [0.29, 0.717) is 0 Å². The minimum Gasteiger partial charge on any atom is -0.371 e. The molecule has 2 aliphatic rings. The number of hydrogen-bond donors (Lipinski definition) is 0. The second kappa shape index (κ2) is 7.67. The third kappa shape index (κ3) is 3.89. The molecule has 0 atom stereocenters. The molecule has 1 aromatic rings. The Morgan fingerprint density at radius 1 is 1.09 bits per heavy atom. The van der Waals surface area contributed by atoms with Gasteiger partial charge in [0.25, 0.3) is 5.91 Å². The summed E-state index contributed by atoms with van der Waals surface area (Å²) in [7, 11) is 0. The van der Waals surface area contributed by atoms with Crippen molar-refractivity contribution in [2.75, 3.05) is 50.7 Å². The van der Waals surface area contributed by atoms with Crippen molar-refractivity contribution in [1.82, 2.24) is 9.80 Å². The van der Waals surface area contributed by atoms with Gasteiger partial charge in [-0.15, -0.1) is 0 Å². The predicted molar refractivity (Wildman–Crippen MR) is 98.2 cm³/mol. The quantitative estimate of drug-likeness (QED) is 0.803. The van der Waals surface area contributed by atoms with Gasteiger partial charge in [-0.3, -0.25) is 9.69 Å². The molecule has 0 unspecified atom stereocenters. The van der Waals surface area contributed by atoms with Crippen LogP contribution >= 0.6 is 15.9 Å². The summed E-state index contributed by atoms with van der Waals surface area (Å²) in [4.78, 5) is 19.8. The van der Waals surface area contributed by atoms with Gasteiger partial charge >= 0.3 is 0 Å². The molecule has 4 nitrogen and oxygen atoms in total. The summed E-state index contributed by atoms with van der Waals surface area (Å²) in [6.07, 6.45) is 3.62. The molecule has 0 aromatic heterocycles. The van der Waals surface area contributed by atoms with Gasteiger partial charge in [0.1, 0.15) is 0 Å². The SMILES string of the molecule is CCCN1CCN(C(=O)c2ccc(Br)cc2N2CCCC2)CC1. The number of carbonyl (C=O) groups excluding carboxylic acids is 1. The first-order valence-electron chi connectivity index (χ1n) is 8.75. The lowest BCUT2D eigenvalue weighted by molar-refractivity contribution is 0.0638. The van der Waals surface area contributed by atoms with Crippen molar-refractivity contribution in [3.8, 4) is 0 Å². The van der Waals surface area contributed by atoms with Crippen LogP contribution in [-0.4, -0.2) is 61.5 Å². The van der Waals surface area contributed by atoms with Gasteiger partial charge in [-0.05, 0) is 44.0 Å². The smallest absolute Gasteiger partial charge is 0.256 e. The molecule has 0 spiro atoms. The van der Waals surface area contributed by atoms with E-state index in [1.807, 2.05) is 17.0 Å². The molecule has 23 heavy (non-hydrogen) atoms. The average Bonchev–Trinajstić information content (AvgIpc) is 3.09. The molecule has 126 valence electrons. The number of carbonyl (C=O) groups is 1. The Hall–Kier alpha value is -1.07. The first-order chi connectivity index (χ1) is 11.2. The molecule has 2 aliphatic heterocycles. The lowest BCUT2D eigenvalue weighted by Gasteiger charge is -2.35. The van der Waals surface area contributed by atoms with Crippen molar-refractivity contribution in [3.63, 3.8) is 0 Å². The van der Waals surface area contributed by atoms with Crippen LogP contribution in [0.1, 0.15) is 36.5 Å². The zero-order valence-corrected chi connectivity index (χ0v) is 15.5. The van der Waals surface area contributed by atoms with E-state index in [0.717, 1.165) is 61.5 Å². The normalized spacial score (nSPS) is 19.4. The lowest BCUT2D eigenvalue weighted by atomic mass is 10.1. The second-order valence-corrected chi connectivity index (χ2v) is 7.41. The number of rotatable bonds is 4. The Morgan fingerprint density at radius 3 is 2.43 bits per heavy atom. The first-order valence-corrected chi connectivity index (χ1v) is 9.54. The highest BCUT2D eigenvalue weighted by atomic mass is 79.9. The van der Waals surface area contributed by atoms with Gasteiger partial charge in [-0.1, -0.05) is 22.9 Å². The van der Waals surface area contributed by atoms with Gasteiger partial charge in [0.2, 0.25) is 0 Å². The Bertz CT molecular complexity index is 549. The van der Waals surface area contributed by atoms with Crippen molar-refractivity contribution in [2.45, 2.75) is 26.2 Å². The number of nitrogens with zero attached hydrogens (tertiary/aromatic N) is 3. The minimum atomic E-state index is 0.190. The van der Waals surface area contributed by atoms with Gasteiger partial charge in [0.05, 0.1) is 11.3 Å². The van der Waals surface area contributed by atoms with Crippen LogP contribution in [-0.2, 0) is 0 Å². The van der Waals surface area contributed by atoms with Crippen molar-refractivity contribution >= 4 is 27.5 Å². The van der Waals surface area contributed by atoms with Gasteiger partial charge < -0.3 is 9.80 Å². The van der Waals surface area contributed by atoms with Crippen LogP contribution in [0.5, 0.6) is 0 Å². The Balaban J connectivity index is 1.74. The molecule has 0 radical (unpaired) electrons. The molecular formula is C18H26BrN3O. The zero-order chi connectivity index (χ0) is 16.2. The van der Waals surface area contributed by atoms with Gasteiger partial charge in [-0.2, -0.15) is 0 Å². The van der Waals surface area contributed by atoms with E-state index in [4.69, 9.17) is 0 Å².